The summed E-state index contributed by atoms with van der Waals surface area (Å²) in [4.78, 5) is 27.3. The Morgan fingerprint density at radius 2 is 1.89 bits per heavy atom. The molecule has 0 aliphatic rings. The Morgan fingerprint density at radius 3 is 2.37 bits per heavy atom. The van der Waals surface area contributed by atoms with Crippen LogP contribution < -0.4 is 10.6 Å². The van der Waals surface area contributed by atoms with Crippen LogP contribution in [0.15, 0.2) is 24.5 Å². The van der Waals surface area contributed by atoms with Crippen molar-refractivity contribution in [2.45, 2.75) is 45.7 Å². The molecule has 5 nitrogen and oxygen atoms in total. The molecule has 0 fully saturated rings. The second-order valence-corrected chi connectivity index (χ2v) is 5.02. The van der Waals surface area contributed by atoms with Crippen molar-refractivity contribution in [1.29, 1.82) is 0 Å². The van der Waals surface area contributed by atoms with Gasteiger partial charge in [-0.25, -0.2) is 0 Å². The molecule has 104 valence electrons. The molecular formula is C14H21N3O2. The Morgan fingerprint density at radius 1 is 1.32 bits per heavy atom. The molecule has 5 heteroatoms. The van der Waals surface area contributed by atoms with Crippen LogP contribution in [0.1, 0.15) is 45.7 Å². The summed E-state index contributed by atoms with van der Waals surface area (Å²) in [6.45, 7) is 6.76. The Kier molecular flexibility index (Phi) is 5.03. The predicted molar refractivity (Wildman–Crippen MR) is 73.3 cm³/mol. The first-order valence-electron chi connectivity index (χ1n) is 6.36. The predicted octanol–water partition coefficient (Wildman–Crippen LogP) is 1.56. The fourth-order valence-corrected chi connectivity index (χ4v) is 1.85. The molecule has 0 radical (unpaired) electrons. The topological polar surface area (TPSA) is 71.1 Å². The lowest BCUT2D eigenvalue weighted by atomic mass is 10.0. The molecule has 2 amide bonds. The van der Waals surface area contributed by atoms with Crippen LogP contribution in [0, 0.1) is 0 Å². The average molecular weight is 263 g/mol. The Bertz CT molecular complexity index is 443. The third kappa shape index (κ3) is 4.35. The summed E-state index contributed by atoms with van der Waals surface area (Å²) in [5.74, 6) is -0.427. The normalized spacial score (nSPS) is 12.6. The molecule has 0 aliphatic carbocycles. The summed E-state index contributed by atoms with van der Waals surface area (Å²) in [7, 11) is 0. The smallest absolute Gasteiger partial charge is 0.245 e. The van der Waals surface area contributed by atoms with Crippen LogP contribution in [0.2, 0.25) is 0 Å². The highest BCUT2D eigenvalue weighted by molar-refractivity contribution is 5.90. The van der Waals surface area contributed by atoms with Gasteiger partial charge >= 0.3 is 0 Å². The number of nitrogens with zero attached hydrogens (tertiary/aromatic N) is 1. The molecule has 1 aromatic heterocycles. The van der Waals surface area contributed by atoms with Crippen molar-refractivity contribution in [2.75, 3.05) is 0 Å². The highest BCUT2D eigenvalue weighted by Gasteiger charge is 2.29. The Balaban J connectivity index is 2.76. The van der Waals surface area contributed by atoms with E-state index in [1.165, 1.54) is 6.92 Å². The number of nitrogens with one attached hydrogen (secondary N) is 2. The standard InChI is InChI=1S/C14H21N3O2/c1-5-12(11-6-8-15-9-7-11)16-13(19)14(3,4)17-10(2)18/h6-9,12H,5H2,1-4H3,(H,16,19)(H,17,18)/t12-/m0/s1. The number of carbonyl (C=O) groups excluding carboxylic acids is 2. The van der Waals surface area contributed by atoms with Gasteiger partial charge in [0.1, 0.15) is 5.54 Å². The van der Waals surface area contributed by atoms with Gasteiger partial charge in [0.2, 0.25) is 11.8 Å². The first kappa shape index (κ1) is 15.1. The SMILES string of the molecule is CC[C@H](NC(=O)C(C)(C)NC(C)=O)c1ccncc1. The lowest BCUT2D eigenvalue weighted by Crippen LogP contribution is -2.54. The molecule has 0 aliphatic heterocycles. The van der Waals surface area contributed by atoms with E-state index >= 15 is 0 Å². The molecular weight excluding hydrogens is 242 g/mol. The minimum atomic E-state index is -0.924. The molecule has 1 atom stereocenters. The van der Waals surface area contributed by atoms with Gasteiger partial charge in [-0.15, -0.1) is 0 Å². The second-order valence-electron chi connectivity index (χ2n) is 5.02. The highest BCUT2D eigenvalue weighted by Crippen LogP contribution is 2.16. The molecule has 1 heterocycles. The van der Waals surface area contributed by atoms with Crippen LogP contribution in [0.5, 0.6) is 0 Å². The summed E-state index contributed by atoms with van der Waals surface area (Å²) in [5, 5.41) is 5.58. The molecule has 0 unspecified atom stereocenters. The lowest BCUT2D eigenvalue weighted by molar-refractivity contribution is -0.132. The van der Waals surface area contributed by atoms with Crippen molar-refractivity contribution in [2.24, 2.45) is 0 Å². The quantitative estimate of drug-likeness (QED) is 0.847. The highest BCUT2D eigenvalue weighted by atomic mass is 16.2. The molecule has 0 saturated heterocycles. The number of hydrogen-bond donors (Lipinski definition) is 2. The molecule has 0 spiro atoms. The number of carbonyl (C=O) groups is 2. The monoisotopic (exact) mass is 263 g/mol. The minimum absolute atomic E-state index is 0.0801. The molecule has 1 aromatic rings. The van der Waals surface area contributed by atoms with E-state index in [4.69, 9.17) is 0 Å². The first-order valence-corrected chi connectivity index (χ1v) is 6.36. The van der Waals surface area contributed by atoms with E-state index < -0.39 is 5.54 Å². The maximum atomic E-state index is 12.2. The zero-order valence-corrected chi connectivity index (χ0v) is 11.9. The van der Waals surface area contributed by atoms with E-state index in [2.05, 4.69) is 15.6 Å². The van der Waals surface area contributed by atoms with Gasteiger partial charge in [0.05, 0.1) is 6.04 Å². The van der Waals surface area contributed by atoms with Gasteiger partial charge in [-0.3, -0.25) is 14.6 Å². The maximum absolute atomic E-state index is 12.2. The van der Waals surface area contributed by atoms with E-state index in [0.717, 1.165) is 12.0 Å². The summed E-state index contributed by atoms with van der Waals surface area (Å²) in [5.41, 5.74) is 0.0798. The van der Waals surface area contributed by atoms with Gasteiger partial charge in [0.25, 0.3) is 0 Å². The van der Waals surface area contributed by atoms with Crippen molar-refractivity contribution in [3.63, 3.8) is 0 Å². The van der Waals surface area contributed by atoms with Crippen molar-refractivity contribution in [3.05, 3.63) is 30.1 Å². The maximum Gasteiger partial charge on any atom is 0.245 e. The number of pyridine rings is 1. The van der Waals surface area contributed by atoms with Crippen LogP contribution >= 0.6 is 0 Å². The van der Waals surface area contributed by atoms with Gasteiger partial charge < -0.3 is 10.6 Å². The van der Waals surface area contributed by atoms with E-state index in [1.54, 1.807) is 26.2 Å². The van der Waals surface area contributed by atoms with Crippen molar-refractivity contribution < 1.29 is 9.59 Å². The number of aromatic nitrogens is 1. The first-order chi connectivity index (χ1) is 8.86. The minimum Gasteiger partial charge on any atom is -0.347 e. The van der Waals surface area contributed by atoms with E-state index in [-0.39, 0.29) is 17.9 Å². The summed E-state index contributed by atoms with van der Waals surface area (Å²) in [6.07, 6.45) is 4.16. The summed E-state index contributed by atoms with van der Waals surface area (Å²) < 4.78 is 0. The third-order valence-electron chi connectivity index (χ3n) is 2.88. The lowest BCUT2D eigenvalue weighted by Gasteiger charge is -2.27. The van der Waals surface area contributed by atoms with Crippen LogP contribution in [0.25, 0.3) is 0 Å². The molecule has 0 bridgehead atoms. The van der Waals surface area contributed by atoms with E-state index in [9.17, 15) is 9.59 Å². The number of rotatable bonds is 5. The van der Waals surface area contributed by atoms with Crippen LogP contribution in [0.3, 0.4) is 0 Å². The fourth-order valence-electron chi connectivity index (χ4n) is 1.85. The van der Waals surface area contributed by atoms with E-state index in [0.29, 0.717) is 0 Å². The van der Waals surface area contributed by atoms with Crippen molar-refractivity contribution in [1.82, 2.24) is 15.6 Å². The Hall–Kier alpha value is -1.91. The summed E-state index contributed by atoms with van der Waals surface area (Å²) in [6, 6.07) is 3.67. The zero-order valence-electron chi connectivity index (χ0n) is 11.9. The molecule has 1 rings (SSSR count). The Labute approximate surface area is 113 Å². The van der Waals surface area contributed by atoms with Crippen molar-refractivity contribution >= 4 is 11.8 Å². The van der Waals surface area contributed by atoms with Crippen LogP contribution in [-0.2, 0) is 9.59 Å². The molecule has 0 aromatic carbocycles. The third-order valence-corrected chi connectivity index (χ3v) is 2.88. The van der Waals surface area contributed by atoms with Gasteiger partial charge in [-0.05, 0) is 38.0 Å². The van der Waals surface area contributed by atoms with Gasteiger partial charge in [-0.2, -0.15) is 0 Å². The van der Waals surface area contributed by atoms with Crippen LogP contribution in [-0.4, -0.2) is 22.3 Å². The number of hydrogen-bond acceptors (Lipinski definition) is 3. The van der Waals surface area contributed by atoms with Gasteiger partial charge in [0, 0.05) is 19.3 Å². The summed E-state index contributed by atoms with van der Waals surface area (Å²) >= 11 is 0. The second kappa shape index (κ2) is 6.31. The average Bonchev–Trinajstić information content (AvgIpc) is 2.35. The van der Waals surface area contributed by atoms with Crippen molar-refractivity contribution in [3.8, 4) is 0 Å². The van der Waals surface area contributed by atoms with Crippen LogP contribution in [0.4, 0.5) is 0 Å². The molecule has 2 N–H and O–H groups in total. The molecule has 19 heavy (non-hydrogen) atoms. The largest absolute Gasteiger partial charge is 0.347 e. The van der Waals surface area contributed by atoms with Gasteiger partial charge in [-0.1, -0.05) is 6.92 Å². The fraction of sp³-hybridized carbons (Fsp3) is 0.500. The van der Waals surface area contributed by atoms with Gasteiger partial charge in [0.15, 0.2) is 0 Å². The molecule has 0 saturated carbocycles. The zero-order chi connectivity index (χ0) is 14.5. The van der Waals surface area contributed by atoms with E-state index in [1.807, 2.05) is 19.1 Å². The number of amides is 2.